The average molecular weight is 519 g/mol. The number of nitrogens with zero attached hydrogens (tertiary/aromatic N) is 2. The number of nitrogens with one attached hydrogen (secondary N) is 1. The molecule has 2 atom stereocenters. The predicted octanol–water partition coefficient (Wildman–Crippen LogP) is 3.46. The van der Waals surface area contributed by atoms with E-state index in [1.165, 1.54) is 19.1 Å². The number of carbonyl (C=O) groups excluding carboxylic acids is 3. The van der Waals surface area contributed by atoms with Crippen LogP contribution in [0, 0.1) is 25.2 Å². The lowest BCUT2D eigenvalue weighted by Gasteiger charge is -2.32. The Morgan fingerprint density at radius 1 is 1.19 bits per heavy atom. The zero-order chi connectivity index (χ0) is 26.9. The summed E-state index contributed by atoms with van der Waals surface area (Å²) in [6, 6.07) is 14.7. The molecule has 2 aromatic carbocycles. The number of nitriles is 1. The van der Waals surface area contributed by atoms with Gasteiger partial charge in [-0.2, -0.15) is 5.26 Å². The van der Waals surface area contributed by atoms with Crippen molar-refractivity contribution in [2.45, 2.75) is 31.4 Å². The van der Waals surface area contributed by atoms with E-state index >= 15 is 0 Å². The topological polar surface area (TPSA) is 135 Å². The van der Waals surface area contributed by atoms with Gasteiger partial charge < -0.3 is 20.5 Å². The minimum Gasteiger partial charge on any atom is -0.497 e. The second-order valence-corrected chi connectivity index (χ2v) is 9.86. The number of methoxy groups -OCH3 is 2. The molecule has 0 spiro atoms. The van der Waals surface area contributed by atoms with E-state index in [2.05, 4.69) is 11.4 Å². The zero-order valence-corrected chi connectivity index (χ0v) is 21.6. The third kappa shape index (κ3) is 4.78. The fraction of sp³-hybridized carbons (Fsp3) is 0.259. The van der Waals surface area contributed by atoms with Gasteiger partial charge in [-0.05, 0) is 43.2 Å². The molecule has 2 amide bonds. The molecule has 0 unspecified atom stereocenters. The summed E-state index contributed by atoms with van der Waals surface area (Å²) in [4.78, 5) is 40.4. The molecule has 1 fully saturated rings. The minimum atomic E-state index is -0.866. The molecule has 2 aliphatic heterocycles. The molecule has 0 saturated carbocycles. The Labute approximate surface area is 218 Å². The van der Waals surface area contributed by atoms with Gasteiger partial charge in [-0.15, -0.1) is 0 Å². The van der Waals surface area contributed by atoms with Crippen LogP contribution in [-0.4, -0.2) is 42.2 Å². The number of rotatable bonds is 6. The Balaban J connectivity index is 1.90. The highest BCUT2D eigenvalue weighted by atomic mass is 32.2. The third-order valence-corrected chi connectivity index (χ3v) is 7.56. The highest BCUT2D eigenvalue weighted by Crippen LogP contribution is 2.50. The van der Waals surface area contributed by atoms with Crippen LogP contribution < -0.4 is 15.8 Å². The van der Waals surface area contributed by atoms with E-state index in [9.17, 15) is 19.6 Å². The summed E-state index contributed by atoms with van der Waals surface area (Å²) in [5, 5.41) is 12.5. The first-order valence-electron chi connectivity index (χ1n) is 11.4. The fourth-order valence-electron chi connectivity index (χ4n) is 4.44. The van der Waals surface area contributed by atoms with Crippen LogP contribution in [0.2, 0.25) is 0 Å². The summed E-state index contributed by atoms with van der Waals surface area (Å²) in [6.45, 7) is 3.84. The molecule has 2 aromatic rings. The molecule has 9 nitrogen and oxygen atoms in total. The Morgan fingerprint density at radius 3 is 2.59 bits per heavy atom. The zero-order valence-electron chi connectivity index (χ0n) is 20.8. The normalized spacial score (nSPS) is 18.9. The van der Waals surface area contributed by atoms with Crippen LogP contribution in [0.1, 0.15) is 29.0 Å². The van der Waals surface area contributed by atoms with Crippen LogP contribution in [0.3, 0.4) is 0 Å². The van der Waals surface area contributed by atoms with E-state index in [1.54, 1.807) is 30.3 Å². The highest BCUT2D eigenvalue weighted by Gasteiger charge is 2.48. The fourth-order valence-corrected chi connectivity index (χ4v) is 5.77. The van der Waals surface area contributed by atoms with Crippen molar-refractivity contribution in [3.8, 4) is 11.8 Å². The van der Waals surface area contributed by atoms with Gasteiger partial charge in [0.2, 0.25) is 5.91 Å². The second kappa shape index (κ2) is 10.4. The van der Waals surface area contributed by atoms with Crippen molar-refractivity contribution in [3.63, 3.8) is 0 Å². The molecule has 190 valence electrons. The van der Waals surface area contributed by atoms with Crippen LogP contribution in [0.15, 0.2) is 64.5 Å². The predicted molar refractivity (Wildman–Crippen MR) is 139 cm³/mol. The summed E-state index contributed by atoms with van der Waals surface area (Å²) >= 11 is 1.06. The first-order valence-corrected chi connectivity index (χ1v) is 12.3. The molecule has 2 heterocycles. The number of fused-ring (bicyclic) bond motifs is 1. The van der Waals surface area contributed by atoms with Crippen LogP contribution in [-0.2, 0) is 19.1 Å². The van der Waals surface area contributed by atoms with Crippen LogP contribution in [0.4, 0.5) is 5.69 Å². The molecule has 0 aromatic heterocycles. The van der Waals surface area contributed by atoms with Gasteiger partial charge in [0, 0.05) is 5.69 Å². The molecule has 0 aliphatic carbocycles. The summed E-state index contributed by atoms with van der Waals surface area (Å²) in [6.07, 6.45) is -0.203. The van der Waals surface area contributed by atoms with Crippen molar-refractivity contribution < 1.29 is 23.9 Å². The van der Waals surface area contributed by atoms with Crippen molar-refractivity contribution in [2.75, 3.05) is 19.5 Å². The van der Waals surface area contributed by atoms with Gasteiger partial charge in [-0.3, -0.25) is 19.3 Å². The van der Waals surface area contributed by atoms with E-state index in [0.717, 1.165) is 22.9 Å². The second-order valence-electron chi connectivity index (χ2n) is 8.67. The van der Waals surface area contributed by atoms with Gasteiger partial charge in [0.25, 0.3) is 5.91 Å². The standard InChI is InChI=1S/C27H26N4O5S/c1-14-8-9-19(15(2)10-14)30-25(33)23-22(16-6-5-7-17(11-16)35-3)18(13-28)24(29)31-26(34)20(37-27(23)31)12-21(32)36-4/h5-11,20,22H,12,29H2,1-4H3,(H,30,33)/t20-,22-/m0/s1. The molecule has 0 bridgehead atoms. The number of amides is 2. The van der Waals surface area contributed by atoms with E-state index in [0.29, 0.717) is 17.0 Å². The molecule has 4 rings (SSSR count). The molecular formula is C27H26N4O5S. The maximum Gasteiger partial charge on any atom is 0.307 e. The van der Waals surface area contributed by atoms with Gasteiger partial charge in [0.05, 0.1) is 48.8 Å². The molecule has 1 saturated heterocycles. The Morgan fingerprint density at radius 2 is 1.95 bits per heavy atom. The van der Waals surface area contributed by atoms with E-state index in [-0.39, 0.29) is 28.4 Å². The monoisotopic (exact) mass is 518 g/mol. The lowest BCUT2D eigenvalue weighted by molar-refractivity contribution is -0.142. The van der Waals surface area contributed by atoms with E-state index in [1.807, 2.05) is 26.0 Å². The maximum absolute atomic E-state index is 13.9. The van der Waals surface area contributed by atoms with Gasteiger partial charge in [0.1, 0.15) is 16.8 Å². The maximum atomic E-state index is 13.9. The summed E-state index contributed by atoms with van der Waals surface area (Å²) in [5.74, 6) is -1.95. The number of aryl methyl sites for hydroxylation is 2. The Hall–Kier alpha value is -4.23. The van der Waals surface area contributed by atoms with Crippen molar-refractivity contribution in [2.24, 2.45) is 5.73 Å². The molecule has 10 heteroatoms. The van der Waals surface area contributed by atoms with Crippen molar-refractivity contribution >= 4 is 35.2 Å². The third-order valence-electron chi connectivity index (χ3n) is 6.28. The van der Waals surface area contributed by atoms with Gasteiger partial charge in [0.15, 0.2) is 0 Å². The van der Waals surface area contributed by atoms with Crippen LogP contribution >= 0.6 is 11.8 Å². The molecule has 37 heavy (non-hydrogen) atoms. The van der Waals surface area contributed by atoms with E-state index < -0.39 is 29.0 Å². The number of allylic oxidation sites excluding steroid dienone is 1. The molecule has 3 N–H and O–H groups in total. The van der Waals surface area contributed by atoms with Crippen LogP contribution in [0.25, 0.3) is 0 Å². The number of esters is 1. The summed E-state index contributed by atoms with van der Waals surface area (Å²) < 4.78 is 10.1. The lowest BCUT2D eigenvalue weighted by atomic mass is 9.82. The van der Waals surface area contributed by atoms with Crippen molar-refractivity contribution in [3.05, 3.63) is 81.2 Å². The molecule has 0 radical (unpaired) electrons. The lowest BCUT2D eigenvalue weighted by Crippen LogP contribution is -2.39. The van der Waals surface area contributed by atoms with Gasteiger partial charge >= 0.3 is 5.97 Å². The highest BCUT2D eigenvalue weighted by molar-refractivity contribution is 8.04. The summed E-state index contributed by atoms with van der Waals surface area (Å²) in [7, 11) is 2.76. The first kappa shape index (κ1) is 25.9. The van der Waals surface area contributed by atoms with E-state index in [4.69, 9.17) is 15.2 Å². The molecule has 2 aliphatic rings. The quantitative estimate of drug-likeness (QED) is 0.555. The number of anilines is 1. The number of benzene rings is 2. The largest absolute Gasteiger partial charge is 0.497 e. The van der Waals surface area contributed by atoms with Crippen molar-refractivity contribution in [1.29, 1.82) is 5.26 Å². The summed E-state index contributed by atoms with van der Waals surface area (Å²) in [5.41, 5.74) is 9.72. The Kier molecular flexibility index (Phi) is 7.27. The first-order chi connectivity index (χ1) is 17.7. The van der Waals surface area contributed by atoms with Crippen LogP contribution in [0.5, 0.6) is 5.75 Å². The smallest absolute Gasteiger partial charge is 0.307 e. The Bertz CT molecular complexity index is 1410. The van der Waals surface area contributed by atoms with Gasteiger partial charge in [-0.25, -0.2) is 0 Å². The number of carbonyl (C=O) groups is 3. The number of hydrogen-bond donors (Lipinski definition) is 2. The molecular weight excluding hydrogens is 492 g/mol. The average Bonchev–Trinajstić information content (AvgIpc) is 3.20. The van der Waals surface area contributed by atoms with Crippen molar-refractivity contribution in [1.82, 2.24) is 4.90 Å². The minimum absolute atomic E-state index is 0.0513. The number of nitrogens with two attached hydrogens (primary N) is 1. The number of ether oxygens (including phenoxy) is 2. The number of hydrogen-bond acceptors (Lipinski definition) is 8. The number of thioether (sulfide) groups is 1. The SMILES string of the molecule is COC(=O)C[C@@H]1SC2=C(C(=O)Nc3ccc(C)cc3C)[C@@H](c3cccc(OC)c3)C(C#N)=C(N)N2C1=O. The van der Waals surface area contributed by atoms with Gasteiger partial charge in [-0.1, -0.05) is 41.6 Å².